The molecule has 0 aliphatic carbocycles. The van der Waals surface area contributed by atoms with Crippen LogP contribution in [0.25, 0.3) is 0 Å². The second-order valence-electron chi connectivity index (χ2n) is 10.0. The molecule has 0 aliphatic heterocycles. The minimum atomic E-state index is -4.53. The van der Waals surface area contributed by atoms with Gasteiger partial charge in [0.1, 0.15) is 12.1 Å². The summed E-state index contributed by atoms with van der Waals surface area (Å²) < 4.78 is 95.4. The Hall–Kier alpha value is -3.24. The van der Waals surface area contributed by atoms with Crippen LogP contribution in [0.5, 0.6) is 0 Å². The van der Waals surface area contributed by atoms with Crippen LogP contribution in [0.3, 0.4) is 0 Å². The van der Waals surface area contributed by atoms with E-state index < -0.39 is 76.1 Å². The molecule has 0 aromatic heterocycles. The van der Waals surface area contributed by atoms with Crippen molar-refractivity contribution < 1.29 is 58.4 Å². The minimum Gasteiger partial charge on any atom is -0.480 e. The summed E-state index contributed by atoms with van der Waals surface area (Å²) in [6, 6.07) is 9.72. The topological polar surface area (TPSA) is 285 Å². The van der Waals surface area contributed by atoms with Crippen molar-refractivity contribution in [1.29, 1.82) is 0 Å². The monoisotopic (exact) mass is 722 g/mol. The predicted octanol–water partition coefficient (Wildman–Crippen LogP) is -0.545. The van der Waals surface area contributed by atoms with Crippen molar-refractivity contribution in [3.63, 3.8) is 0 Å². The van der Waals surface area contributed by atoms with E-state index in [1.807, 2.05) is 0 Å². The van der Waals surface area contributed by atoms with E-state index in [-0.39, 0.29) is 59.3 Å². The van der Waals surface area contributed by atoms with E-state index in [0.717, 1.165) is 36.4 Å². The molecule has 3 rings (SSSR count). The molecule has 3 unspecified atom stereocenters. The number of carbonyl (C=O) groups is 3. The molecule has 0 aliphatic rings. The van der Waals surface area contributed by atoms with E-state index in [1.54, 1.807) is 0 Å². The first kappa shape index (κ1) is 39.9. The predicted molar refractivity (Wildman–Crippen MR) is 165 cm³/mol. The SMILES string of the molecule is NC(Cc1ccc(S(=O)(=O)O)cc1)C(=O)NC(Cc1ccc(S(=O)(=O)O)cc1)C(=O)NC(Cc1ccc(S(=O)(=O)O)cc1)C(=O)O.[Na]. The Morgan fingerprint density at radius 2 is 0.851 bits per heavy atom. The van der Waals surface area contributed by atoms with Gasteiger partial charge in [-0.25, -0.2) is 4.79 Å². The first-order valence-electron chi connectivity index (χ1n) is 13.0. The largest absolute Gasteiger partial charge is 0.480 e. The minimum absolute atomic E-state index is 0. The average Bonchev–Trinajstić information content (AvgIpc) is 2.95. The van der Waals surface area contributed by atoms with Crippen molar-refractivity contribution in [2.45, 2.75) is 52.1 Å². The molecule has 3 aromatic rings. The van der Waals surface area contributed by atoms with Gasteiger partial charge in [0.2, 0.25) is 11.8 Å². The number of nitrogens with one attached hydrogen (secondary N) is 2. The van der Waals surface area contributed by atoms with Gasteiger partial charge in [0, 0.05) is 42.4 Å². The summed E-state index contributed by atoms with van der Waals surface area (Å²) in [4.78, 5) is 37.1. The molecule has 0 bridgehead atoms. The zero-order valence-corrected chi connectivity index (χ0v) is 29.0. The van der Waals surface area contributed by atoms with Crippen LogP contribution in [0.15, 0.2) is 87.5 Å². The quantitative estimate of drug-likeness (QED) is 0.0813. The van der Waals surface area contributed by atoms with E-state index >= 15 is 0 Å². The smallest absolute Gasteiger partial charge is 0.326 e. The molecule has 0 saturated heterocycles. The van der Waals surface area contributed by atoms with Crippen molar-refractivity contribution in [2.75, 3.05) is 0 Å². The maximum Gasteiger partial charge on any atom is 0.326 e. The Bertz CT molecular complexity index is 1920. The van der Waals surface area contributed by atoms with Gasteiger partial charge in [0.05, 0.1) is 20.7 Å². The van der Waals surface area contributed by atoms with Crippen LogP contribution >= 0.6 is 0 Å². The Balaban J connectivity index is 0.00000768. The molecular weight excluding hydrogens is 693 g/mol. The van der Waals surface area contributed by atoms with E-state index in [9.17, 15) is 49.3 Å². The number of carboxylic acid groups (broad SMARTS) is 1. The molecule has 2 amide bonds. The number of benzene rings is 3. The van der Waals surface area contributed by atoms with Crippen molar-refractivity contribution in [1.82, 2.24) is 10.6 Å². The fourth-order valence-corrected chi connectivity index (χ4v) is 5.61. The molecule has 3 aromatic carbocycles. The summed E-state index contributed by atoms with van der Waals surface area (Å²) in [5.41, 5.74) is 7.00. The van der Waals surface area contributed by atoms with Gasteiger partial charge in [-0.3, -0.25) is 23.2 Å². The maximum absolute atomic E-state index is 13.4. The average molecular weight is 723 g/mol. The van der Waals surface area contributed by atoms with Crippen LogP contribution in [0.1, 0.15) is 16.7 Å². The molecule has 8 N–H and O–H groups in total. The Kier molecular flexibility index (Phi) is 13.8. The Morgan fingerprint density at radius 1 is 0.553 bits per heavy atom. The zero-order valence-electron chi connectivity index (χ0n) is 24.5. The molecule has 47 heavy (non-hydrogen) atoms. The Labute approximate surface area is 292 Å². The van der Waals surface area contributed by atoms with Gasteiger partial charge in [0.15, 0.2) is 0 Å². The third-order valence-electron chi connectivity index (χ3n) is 6.58. The van der Waals surface area contributed by atoms with Crippen LogP contribution < -0.4 is 16.4 Å². The molecule has 249 valence electrons. The zero-order chi connectivity index (χ0) is 34.4. The molecule has 0 spiro atoms. The third kappa shape index (κ3) is 12.1. The summed E-state index contributed by atoms with van der Waals surface area (Å²) in [5, 5.41) is 14.5. The molecule has 1 radical (unpaired) electrons. The summed E-state index contributed by atoms with van der Waals surface area (Å²) in [6.07, 6.45) is -0.740. The second kappa shape index (κ2) is 16.2. The van der Waals surface area contributed by atoms with Crippen molar-refractivity contribution in [3.05, 3.63) is 89.5 Å². The Morgan fingerprint density at radius 3 is 1.17 bits per heavy atom. The molecular formula is C27H29N3NaO13S3. The fourth-order valence-electron chi connectivity index (χ4n) is 4.17. The van der Waals surface area contributed by atoms with Gasteiger partial charge in [-0.2, -0.15) is 25.3 Å². The normalized spacial score (nSPS) is 13.8. The number of hydrogen-bond donors (Lipinski definition) is 7. The number of rotatable bonds is 14. The number of hydrogen-bond acceptors (Lipinski definition) is 10. The van der Waals surface area contributed by atoms with E-state index in [2.05, 4.69) is 10.6 Å². The molecule has 16 nitrogen and oxygen atoms in total. The fraction of sp³-hybridized carbons (Fsp3) is 0.222. The van der Waals surface area contributed by atoms with Gasteiger partial charge < -0.3 is 21.5 Å². The van der Waals surface area contributed by atoms with Gasteiger partial charge in [-0.05, 0) is 59.5 Å². The van der Waals surface area contributed by atoms with E-state index in [0.29, 0.717) is 11.1 Å². The van der Waals surface area contributed by atoms with Crippen LogP contribution in [0.2, 0.25) is 0 Å². The van der Waals surface area contributed by atoms with Gasteiger partial charge in [0.25, 0.3) is 30.4 Å². The molecule has 0 heterocycles. The van der Waals surface area contributed by atoms with Crippen LogP contribution in [0.4, 0.5) is 0 Å². The van der Waals surface area contributed by atoms with Gasteiger partial charge in [-0.15, -0.1) is 0 Å². The maximum atomic E-state index is 13.4. The first-order valence-corrected chi connectivity index (χ1v) is 17.3. The van der Waals surface area contributed by atoms with E-state index in [1.165, 1.54) is 36.4 Å². The van der Waals surface area contributed by atoms with Crippen LogP contribution in [-0.4, -0.2) is 109 Å². The molecule has 0 fully saturated rings. The summed E-state index contributed by atoms with van der Waals surface area (Å²) in [6.45, 7) is 0. The van der Waals surface area contributed by atoms with Crippen LogP contribution in [-0.2, 0) is 64.0 Å². The van der Waals surface area contributed by atoms with Gasteiger partial charge in [-0.1, -0.05) is 36.4 Å². The number of carboxylic acids is 1. The summed E-state index contributed by atoms with van der Waals surface area (Å²) in [7, 11) is -13.5. The standard InChI is InChI=1S/C27H29N3O13S3.Na/c28-22(13-16-1-7-19(8-2-16)44(35,36)37)25(31)29-23(14-17-3-9-20(10-4-17)45(38,39)40)26(32)30-24(27(33)34)15-18-5-11-21(12-6-18)46(41,42)43;/h1-12,22-24H,13-15,28H2,(H,29,31)(H,30,32)(H,33,34)(H,35,36,37)(H,38,39,40)(H,41,42,43);. The van der Waals surface area contributed by atoms with Crippen molar-refractivity contribution >= 4 is 77.7 Å². The number of aliphatic carboxylic acids is 1. The van der Waals surface area contributed by atoms with E-state index in [4.69, 9.17) is 14.8 Å². The number of amides is 2. The van der Waals surface area contributed by atoms with Crippen LogP contribution in [0, 0.1) is 0 Å². The molecule has 20 heteroatoms. The van der Waals surface area contributed by atoms with Crippen molar-refractivity contribution in [3.8, 4) is 0 Å². The van der Waals surface area contributed by atoms with Gasteiger partial charge >= 0.3 is 5.97 Å². The number of carbonyl (C=O) groups excluding carboxylic acids is 2. The number of nitrogens with two attached hydrogens (primary N) is 1. The third-order valence-corrected chi connectivity index (χ3v) is 9.19. The first-order chi connectivity index (χ1) is 21.2. The summed E-state index contributed by atoms with van der Waals surface area (Å²) in [5.74, 6) is -3.31. The molecule has 0 saturated carbocycles. The second-order valence-corrected chi connectivity index (χ2v) is 14.3. The summed E-state index contributed by atoms with van der Waals surface area (Å²) >= 11 is 0. The molecule has 3 atom stereocenters. The van der Waals surface area contributed by atoms with Crippen molar-refractivity contribution in [2.24, 2.45) is 5.73 Å².